The number of nitro groups is 1. The van der Waals surface area contributed by atoms with Crippen molar-refractivity contribution in [3.63, 3.8) is 0 Å². The van der Waals surface area contributed by atoms with E-state index in [0.29, 0.717) is 21.9 Å². The predicted octanol–water partition coefficient (Wildman–Crippen LogP) is 6.12. The highest BCUT2D eigenvalue weighted by Gasteiger charge is 2.24. The minimum absolute atomic E-state index is 0.102. The fraction of sp³-hybridized carbons (Fsp3) is 0.308. The summed E-state index contributed by atoms with van der Waals surface area (Å²) in [5.41, 5.74) is 2.88. The quantitative estimate of drug-likeness (QED) is 0.229. The van der Waals surface area contributed by atoms with Crippen LogP contribution in [0.4, 0.5) is 10.7 Å². The number of hydrogen-bond acceptors (Lipinski definition) is 7. The predicted molar refractivity (Wildman–Crippen MR) is 136 cm³/mol. The van der Waals surface area contributed by atoms with E-state index in [1.807, 2.05) is 25.1 Å². The molecule has 1 heterocycles. The van der Waals surface area contributed by atoms with Gasteiger partial charge in [-0.3, -0.25) is 14.9 Å². The van der Waals surface area contributed by atoms with Gasteiger partial charge < -0.3 is 14.8 Å². The van der Waals surface area contributed by atoms with Crippen molar-refractivity contribution in [2.45, 2.75) is 40.0 Å². The Labute approximate surface area is 208 Å². The van der Waals surface area contributed by atoms with Crippen LogP contribution in [0.1, 0.15) is 49.2 Å². The van der Waals surface area contributed by atoms with Gasteiger partial charge in [0.1, 0.15) is 16.3 Å². The Morgan fingerprint density at radius 1 is 1.14 bits per heavy atom. The van der Waals surface area contributed by atoms with Crippen molar-refractivity contribution in [1.29, 1.82) is 0 Å². The number of carbonyl (C=O) groups is 2. The first-order valence-corrected chi connectivity index (χ1v) is 12.0. The lowest BCUT2D eigenvalue weighted by Crippen LogP contribution is -2.22. The van der Waals surface area contributed by atoms with Crippen LogP contribution in [-0.4, -0.2) is 30.0 Å². The van der Waals surface area contributed by atoms with Crippen LogP contribution in [0.25, 0.3) is 11.1 Å². The van der Waals surface area contributed by atoms with Crippen LogP contribution in [0.15, 0.2) is 47.8 Å². The minimum Gasteiger partial charge on any atom is -0.483 e. The molecule has 2 aromatic carbocycles. The highest BCUT2D eigenvalue weighted by molar-refractivity contribution is 7.15. The van der Waals surface area contributed by atoms with Gasteiger partial charge in [-0.05, 0) is 36.5 Å². The number of thiophene rings is 1. The molecule has 0 bridgehead atoms. The zero-order valence-electron chi connectivity index (χ0n) is 20.3. The number of anilines is 1. The van der Waals surface area contributed by atoms with Crippen molar-refractivity contribution in [2.24, 2.45) is 0 Å². The first-order chi connectivity index (χ1) is 16.5. The van der Waals surface area contributed by atoms with Gasteiger partial charge in [-0.25, -0.2) is 4.79 Å². The third-order valence-electron chi connectivity index (χ3n) is 5.19. The fourth-order valence-corrected chi connectivity index (χ4v) is 4.49. The van der Waals surface area contributed by atoms with Gasteiger partial charge in [-0.1, -0.05) is 50.6 Å². The largest absolute Gasteiger partial charge is 0.483 e. The Balaban J connectivity index is 1.86. The molecule has 184 valence electrons. The van der Waals surface area contributed by atoms with Crippen LogP contribution >= 0.6 is 11.3 Å². The Morgan fingerprint density at radius 3 is 2.54 bits per heavy atom. The first kappa shape index (κ1) is 25.9. The van der Waals surface area contributed by atoms with Crippen LogP contribution in [0.3, 0.4) is 0 Å². The van der Waals surface area contributed by atoms with E-state index < -0.39 is 16.8 Å². The van der Waals surface area contributed by atoms with E-state index in [4.69, 9.17) is 9.47 Å². The number of non-ortho nitro benzene ring substituents is 1. The standard InChI is InChI=1S/C26H28N2O6S/c1-6-33-25(30)23-19(17-8-7-9-18(13-17)28(31)32)15-35-24(23)27-22(29)14-34-21-11-10-16(2)12-20(21)26(3,4)5/h7-13,15H,6,14H2,1-5H3,(H,27,29). The van der Waals surface area contributed by atoms with Crippen molar-refractivity contribution in [2.75, 3.05) is 18.5 Å². The number of nitrogens with zero attached hydrogens (tertiary/aromatic N) is 1. The van der Waals surface area contributed by atoms with Gasteiger partial charge in [0.05, 0.1) is 11.5 Å². The summed E-state index contributed by atoms with van der Waals surface area (Å²) in [6, 6.07) is 11.8. The smallest absolute Gasteiger partial charge is 0.341 e. The molecule has 3 aromatic rings. The van der Waals surface area contributed by atoms with Gasteiger partial charge in [-0.15, -0.1) is 11.3 Å². The minimum atomic E-state index is -0.625. The topological polar surface area (TPSA) is 108 Å². The third-order valence-corrected chi connectivity index (χ3v) is 6.09. The first-order valence-electron chi connectivity index (χ1n) is 11.1. The van der Waals surface area contributed by atoms with Crippen molar-refractivity contribution in [3.05, 3.63) is 74.6 Å². The van der Waals surface area contributed by atoms with Gasteiger partial charge in [0.25, 0.3) is 11.6 Å². The van der Waals surface area contributed by atoms with Crippen LogP contribution in [0, 0.1) is 17.0 Å². The number of hydrogen-bond donors (Lipinski definition) is 1. The number of carbonyl (C=O) groups excluding carboxylic acids is 2. The second kappa shape index (κ2) is 10.7. The summed E-state index contributed by atoms with van der Waals surface area (Å²) in [5.74, 6) is -0.448. The maximum atomic E-state index is 12.8. The lowest BCUT2D eigenvalue weighted by Gasteiger charge is -2.23. The Kier molecular flexibility index (Phi) is 7.91. The number of amides is 1. The van der Waals surface area contributed by atoms with E-state index >= 15 is 0 Å². The number of nitro benzene ring substituents is 1. The van der Waals surface area contributed by atoms with Crippen LogP contribution in [-0.2, 0) is 14.9 Å². The van der Waals surface area contributed by atoms with Gasteiger partial charge in [0, 0.05) is 23.1 Å². The molecule has 0 aliphatic heterocycles. The second-order valence-electron chi connectivity index (χ2n) is 8.97. The summed E-state index contributed by atoms with van der Waals surface area (Å²) in [6.45, 7) is 9.78. The molecule has 0 aliphatic rings. The molecular formula is C26H28N2O6S. The highest BCUT2D eigenvalue weighted by Crippen LogP contribution is 2.37. The summed E-state index contributed by atoms with van der Waals surface area (Å²) >= 11 is 1.14. The molecule has 0 radical (unpaired) electrons. The molecule has 0 atom stereocenters. The fourth-order valence-electron chi connectivity index (χ4n) is 3.52. The van der Waals surface area contributed by atoms with Gasteiger partial charge in [0.2, 0.25) is 0 Å². The Bertz CT molecular complexity index is 1260. The average molecular weight is 497 g/mol. The lowest BCUT2D eigenvalue weighted by molar-refractivity contribution is -0.384. The Morgan fingerprint density at radius 2 is 1.89 bits per heavy atom. The summed E-state index contributed by atoms with van der Waals surface area (Å²) in [5, 5.41) is 15.9. The highest BCUT2D eigenvalue weighted by atomic mass is 32.1. The molecule has 1 aromatic heterocycles. The Hall–Kier alpha value is -3.72. The van der Waals surface area contributed by atoms with Gasteiger partial charge >= 0.3 is 5.97 Å². The maximum absolute atomic E-state index is 12.8. The number of esters is 1. The van der Waals surface area contributed by atoms with E-state index in [-0.39, 0.29) is 29.9 Å². The van der Waals surface area contributed by atoms with Crippen LogP contribution in [0.5, 0.6) is 5.75 Å². The average Bonchev–Trinajstić information content (AvgIpc) is 3.21. The number of nitrogens with one attached hydrogen (secondary N) is 1. The van der Waals surface area contributed by atoms with Crippen molar-refractivity contribution >= 4 is 33.9 Å². The number of benzene rings is 2. The van der Waals surface area contributed by atoms with Crippen LogP contribution in [0.2, 0.25) is 0 Å². The van der Waals surface area contributed by atoms with Crippen molar-refractivity contribution in [3.8, 4) is 16.9 Å². The molecule has 0 saturated heterocycles. The molecule has 0 spiro atoms. The molecule has 0 fully saturated rings. The van der Waals surface area contributed by atoms with E-state index in [2.05, 4.69) is 26.1 Å². The summed E-state index contributed by atoms with van der Waals surface area (Å²) < 4.78 is 11.0. The SMILES string of the molecule is CCOC(=O)c1c(-c2cccc([N+](=O)[O-])c2)csc1NC(=O)COc1ccc(C)cc1C(C)(C)C. The van der Waals surface area contributed by atoms with E-state index in [1.165, 1.54) is 12.1 Å². The molecule has 3 rings (SSSR count). The normalized spacial score (nSPS) is 11.1. The van der Waals surface area contributed by atoms with Gasteiger partial charge in [-0.2, -0.15) is 0 Å². The lowest BCUT2D eigenvalue weighted by atomic mass is 9.85. The molecule has 1 amide bonds. The zero-order chi connectivity index (χ0) is 25.8. The van der Waals surface area contributed by atoms with Crippen molar-refractivity contribution < 1.29 is 24.0 Å². The van der Waals surface area contributed by atoms with E-state index in [9.17, 15) is 19.7 Å². The van der Waals surface area contributed by atoms with Crippen LogP contribution < -0.4 is 10.1 Å². The van der Waals surface area contributed by atoms with E-state index in [1.54, 1.807) is 24.4 Å². The molecule has 9 heteroatoms. The second-order valence-corrected chi connectivity index (χ2v) is 9.85. The molecule has 0 saturated carbocycles. The zero-order valence-corrected chi connectivity index (χ0v) is 21.2. The molecule has 1 N–H and O–H groups in total. The summed E-state index contributed by atoms with van der Waals surface area (Å²) in [7, 11) is 0. The molecule has 0 aliphatic carbocycles. The molecule has 8 nitrogen and oxygen atoms in total. The third kappa shape index (κ3) is 6.24. The molecular weight excluding hydrogens is 468 g/mol. The van der Waals surface area contributed by atoms with Crippen molar-refractivity contribution in [1.82, 2.24) is 0 Å². The van der Waals surface area contributed by atoms with E-state index in [0.717, 1.165) is 22.5 Å². The molecule has 0 unspecified atom stereocenters. The van der Waals surface area contributed by atoms with Gasteiger partial charge in [0.15, 0.2) is 6.61 Å². The summed E-state index contributed by atoms with van der Waals surface area (Å²) in [4.78, 5) is 36.2. The number of aryl methyl sites for hydroxylation is 1. The monoisotopic (exact) mass is 496 g/mol. The maximum Gasteiger partial charge on any atom is 0.341 e. The molecule has 35 heavy (non-hydrogen) atoms. The number of ether oxygens (including phenoxy) is 2. The number of rotatable bonds is 8. The summed E-state index contributed by atoms with van der Waals surface area (Å²) in [6.07, 6.45) is 0.